The van der Waals surface area contributed by atoms with Crippen LogP contribution in [0.15, 0.2) is 182 Å². The smallest absolute Gasteiger partial charge is 0.166 e. The van der Waals surface area contributed by atoms with E-state index in [1.165, 1.54) is 55.3 Å². The summed E-state index contributed by atoms with van der Waals surface area (Å²) in [5.41, 5.74) is 19.8. The molecule has 0 spiro atoms. The molecule has 0 fully saturated rings. The second kappa shape index (κ2) is 18.9. The Labute approximate surface area is 473 Å². The molecule has 12 rings (SSSR count). The Kier molecular flexibility index (Phi) is 12.4. The zero-order chi connectivity index (χ0) is 56.3. The molecule has 1 aliphatic rings. The Hall–Kier alpha value is -8.35. The molecule has 0 saturated heterocycles. The first-order valence-electron chi connectivity index (χ1n) is 28.3. The van der Waals surface area contributed by atoms with Gasteiger partial charge in [-0.25, -0.2) is 24.9 Å². The van der Waals surface area contributed by atoms with Crippen LogP contribution in [0.1, 0.15) is 130 Å². The molecule has 6 heteroatoms. The summed E-state index contributed by atoms with van der Waals surface area (Å²) in [5.74, 6) is 2.46. The van der Waals surface area contributed by atoms with Crippen LogP contribution >= 0.6 is 0 Å². The molecule has 0 amide bonds. The number of benzene rings is 8. The van der Waals surface area contributed by atoms with E-state index in [4.69, 9.17) is 24.9 Å². The average molecular weight is 1050 g/mol. The van der Waals surface area contributed by atoms with Gasteiger partial charge in [-0.1, -0.05) is 218 Å². The van der Waals surface area contributed by atoms with Crippen molar-refractivity contribution < 1.29 is 0 Å². The molecular weight excluding hydrogens is 973 g/mol. The fraction of sp³-hybridized carbons (Fsp3) is 0.257. The number of nitrogens with zero attached hydrogens (tertiary/aromatic N) is 6. The van der Waals surface area contributed by atoms with E-state index >= 15 is 0 Å². The van der Waals surface area contributed by atoms with Gasteiger partial charge < -0.3 is 4.57 Å². The predicted octanol–water partition coefficient (Wildman–Crippen LogP) is 19.3. The van der Waals surface area contributed by atoms with Gasteiger partial charge in [0.05, 0.1) is 28.1 Å². The summed E-state index contributed by atoms with van der Waals surface area (Å²) < 4.78 is 2.45. The number of fused-ring (bicyclic) bond motifs is 6. The van der Waals surface area contributed by atoms with Gasteiger partial charge in [0, 0.05) is 49.6 Å². The summed E-state index contributed by atoms with van der Waals surface area (Å²) in [4.78, 5) is 27.6. The standard InChI is InChI=1S/C74H72N6/c1-70(2,3)50-35-48(36-51(40-50)71(4,5)6)67-77-68(49-37-52(72(7,8)9)41-53(38-49)73(10,11)12)79-69(78-67)58-39-47(62-44-61(45-25-17-15-18-26-45)75-66(76-62)46-27-19-16-20-28-46)33-34-64(58)80-63-32-24-22-30-55(63)57-42-56-54-29-21-23-31-59(54)74(13,14)60(56)43-65(57)80/h15-44H,1-14H3. The largest absolute Gasteiger partial charge is 0.308 e. The van der Waals surface area contributed by atoms with Crippen molar-refractivity contribution in [3.8, 4) is 84.9 Å². The molecule has 1 aliphatic carbocycles. The maximum Gasteiger partial charge on any atom is 0.166 e. The van der Waals surface area contributed by atoms with Gasteiger partial charge in [-0.2, -0.15) is 0 Å². The number of rotatable bonds is 7. The molecule has 3 aromatic heterocycles. The Morgan fingerprint density at radius 3 is 1.35 bits per heavy atom. The fourth-order valence-electron chi connectivity index (χ4n) is 11.6. The van der Waals surface area contributed by atoms with Gasteiger partial charge in [0.25, 0.3) is 0 Å². The Balaban J connectivity index is 1.20. The summed E-state index contributed by atoms with van der Waals surface area (Å²) in [5, 5.41) is 2.37. The minimum atomic E-state index is -0.215. The van der Waals surface area contributed by atoms with Crippen LogP contribution < -0.4 is 0 Å². The van der Waals surface area contributed by atoms with Crippen LogP contribution in [0.5, 0.6) is 0 Å². The van der Waals surface area contributed by atoms with Gasteiger partial charge in [0.2, 0.25) is 0 Å². The third-order valence-electron chi connectivity index (χ3n) is 16.5. The van der Waals surface area contributed by atoms with Crippen molar-refractivity contribution in [1.82, 2.24) is 29.5 Å². The van der Waals surface area contributed by atoms with Crippen molar-refractivity contribution in [2.75, 3.05) is 0 Å². The highest BCUT2D eigenvalue weighted by Crippen LogP contribution is 2.51. The van der Waals surface area contributed by atoms with Crippen molar-refractivity contribution in [3.05, 3.63) is 215 Å². The third kappa shape index (κ3) is 9.42. The zero-order valence-corrected chi connectivity index (χ0v) is 49.0. The van der Waals surface area contributed by atoms with Crippen LogP contribution in [0.2, 0.25) is 0 Å². The lowest BCUT2D eigenvalue weighted by Gasteiger charge is -2.26. The third-order valence-corrected chi connectivity index (χ3v) is 16.5. The van der Waals surface area contributed by atoms with E-state index in [0.29, 0.717) is 23.3 Å². The van der Waals surface area contributed by atoms with Crippen molar-refractivity contribution in [3.63, 3.8) is 0 Å². The minimum Gasteiger partial charge on any atom is -0.308 e. The van der Waals surface area contributed by atoms with Crippen molar-refractivity contribution in [1.29, 1.82) is 0 Å². The topological polar surface area (TPSA) is 69.4 Å². The highest BCUT2D eigenvalue weighted by molar-refractivity contribution is 6.12. The highest BCUT2D eigenvalue weighted by Gasteiger charge is 2.37. The van der Waals surface area contributed by atoms with Crippen LogP contribution in [0.25, 0.3) is 107 Å². The van der Waals surface area contributed by atoms with Crippen molar-refractivity contribution in [2.24, 2.45) is 0 Å². The van der Waals surface area contributed by atoms with Crippen LogP contribution in [0, 0.1) is 0 Å². The first-order chi connectivity index (χ1) is 37.9. The van der Waals surface area contributed by atoms with Gasteiger partial charge in [-0.3, -0.25) is 0 Å². The molecule has 0 unspecified atom stereocenters. The minimum absolute atomic E-state index is 0.139. The summed E-state index contributed by atoms with van der Waals surface area (Å²) in [6, 6.07) is 66.1. The van der Waals surface area contributed by atoms with E-state index in [0.717, 1.165) is 61.5 Å². The van der Waals surface area contributed by atoms with Crippen molar-refractivity contribution >= 4 is 21.8 Å². The Bertz CT molecular complexity index is 4010. The first-order valence-corrected chi connectivity index (χ1v) is 28.3. The predicted molar refractivity (Wildman–Crippen MR) is 335 cm³/mol. The van der Waals surface area contributed by atoms with Gasteiger partial charge in [0.15, 0.2) is 23.3 Å². The van der Waals surface area contributed by atoms with Crippen LogP contribution in [-0.4, -0.2) is 29.5 Å². The molecule has 8 aromatic carbocycles. The summed E-state index contributed by atoms with van der Waals surface area (Å²) in [6.07, 6.45) is 0. The molecule has 0 aliphatic heterocycles. The van der Waals surface area contributed by atoms with E-state index in [2.05, 4.69) is 259 Å². The lowest BCUT2D eigenvalue weighted by Crippen LogP contribution is -2.17. The molecule has 80 heavy (non-hydrogen) atoms. The SMILES string of the molecule is CC(C)(C)c1cc(-c2nc(-c3cc(C(C)(C)C)cc(C(C)(C)C)c3)nc(-c3cc(-c4cc(-c5ccccc5)nc(-c5ccccc5)n4)ccc3-n3c4ccccc4c4cc5c(cc43)C(C)(C)c3ccccc3-5)n2)cc(C(C)(C)C)c1. The fourth-order valence-corrected chi connectivity index (χ4v) is 11.6. The van der Waals surface area contributed by atoms with Crippen LogP contribution in [0.4, 0.5) is 0 Å². The average Bonchev–Trinajstić information content (AvgIpc) is 3.99. The highest BCUT2D eigenvalue weighted by atomic mass is 15.1. The Morgan fingerprint density at radius 1 is 0.312 bits per heavy atom. The molecule has 0 atom stereocenters. The normalized spacial score (nSPS) is 13.5. The number of hydrogen-bond acceptors (Lipinski definition) is 5. The van der Waals surface area contributed by atoms with Gasteiger partial charge in [-0.05, 0) is 127 Å². The lowest BCUT2D eigenvalue weighted by atomic mass is 9.79. The number of aromatic nitrogens is 6. The van der Waals surface area contributed by atoms with E-state index < -0.39 is 0 Å². The zero-order valence-electron chi connectivity index (χ0n) is 49.0. The molecule has 0 N–H and O–H groups in total. The lowest BCUT2D eigenvalue weighted by molar-refractivity contribution is 0.568. The van der Waals surface area contributed by atoms with E-state index in [9.17, 15) is 0 Å². The molecule has 0 bridgehead atoms. The van der Waals surface area contributed by atoms with Gasteiger partial charge in [0.1, 0.15) is 0 Å². The number of hydrogen-bond donors (Lipinski definition) is 0. The second-order valence-electron chi connectivity index (χ2n) is 26.8. The summed E-state index contributed by atoms with van der Waals surface area (Å²) >= 11 is 0. The maximum atomic E-state index is 5.72. The molecule has 3 heterocycles. The van der Waals surface area contributed by atoms with Crippen molar-refractivity contribution in [2.45, 2.75) is 124 Å². The summed E-state index contributed by atoms with van der Waals surface area (Å²) in [7, 11) is 0. The molecule has 0 radical (unpaired) electrons. The second-order valence-corrected chi connectivity index (χ2v) is 26.8. The van der Waals surface area contributed by atoms with E-state index in [1.54, 1.807) is 0 Å². The monoisotopic (exact) mass is 1040 g/mol. The Morgan fingerprint density at radius 2 is 0.787 bits per heavy atom. The van der Waals surface area contributed by atoms with E-state index in [-0.39, 0.29) is 27.1 Å². The molecule has 6 nitrogen and oxygen atoms in total. The maximum absolute atomic E-state index is 5.72. The molecule has 398 valence electrons. The summed E-state index contributed by atoms with van der Waals surface area (Å²) in [6.45, 7) is 32.1. The molecule has 0 saturated carbocycles. The molecular formula is C74H72N6. The number of para-hydroxylation sites is 1. The van der Waals surface area contributed by atoms with Gasteiger partial charge in [-0.15, -0.1) is 0 Å². The first kappa shape index (κ1) is 52.4. The van der Waals surface area contributed by atoms with Crippen LogP contribution in [0.3, 0.4) is 0 Å². The van der Waals surface area contributed by atoms with Gasteiger partial charge >= 0.3 is 0 Å². The molecule has 11 aromatic rings. The quantitative estimate of drug-likeness (QED) is 0.159. The van der Waals surface area contributed by atoms with Crippen LogP contribution in [-0.2, 0) is 27.1 Å². The van der Waals surface area contributed by atoms with E-state index in [1.807, 2.05) is 24.3 Å².